The number of nitrogens with one attached hydrogen (secondary N) is 2. The summed E-state index contributed by atoms with van der Waals surface area (Å²) in [5, 5.41) is 3.46. The summed E-state index contributed by atoms with van der Waals surface area (Å²) >= 11 is 0. The number of fused-ring (bicyclic) bond motifs is 1. The van der Waals surface area contributed by atoms with Gasteiger partial charge in [0.1, 0.15) is 5.82 Å². The molecule has 0 unspecified atom stereocenters. The molecule has 0 fully saturated rings. The van der Waals surface area contributed by atoms with Gasteiger partial charge in [0.25, 0.3) is 0 Å². The Morgan fingerprint density at radius 1 is 0.771 bits per heavy atom. The van der Waals surface area contributed by atoms with Gasteiger partial charge in [0, 0.05) is 24.5 Å². The SMILES string of the molecule is FC(F)(F)c1ccc2nc(-c3cccc(-c4ccc(CNCCc5ccncc5)cc4)c3)[nH]c2c1. The molecule has 0 spiro atoms. The van der Waals surface area contributed by atoms with Crippen molar-refractivity contribution in [3.8, 4) is 22.5 Å². The van der Waals surface area contributed by atoms with E-state index < -0.39 is 11.7 Å². The molecule has 0 saturated carbocycles. The van der Waals surface area contributed by atoms with Crippen LogP contribution in [0, 0.1) is 0 Å². The van der Waals surface area contributed by atoms with Crippen LogP contribution in [0.3, 0.4) is 0 Å². The van der Waals surface area contributed by atoms with E-state index in [1.165, 1.54) is 17.2 Å². The molecule has 5 rings (SSSR count). The number of halogens is 3. The lowest BCUT2D eigenvalue weighted by atomic mass is 10.0. The van der Waals surface area contributed by atoms with Crippen LogP contribution in [0.25, 0.3) is 33.5 Å². The molecule has 0 saturated heterocycles. The van der Waals surface area contributed by atoms with E-state index in [9.17, 15) is 13.2 Å². The van der Waals surface area contributed by atoms with Crippen molar-refractivity contribution in [2.24, 2.45) is 0 Å². The fraction of sp³-hybridized carbons (Fsp3) is 0.143. The van der Waals surface area contributed by atoms with E-state index in [0.29, 0.717) is 16.9 Å². The molecule has 2 heterocycles. The van der Waals surface area contributed by atoms with Gasteiger partial charge in [-0.05, 0) is 71.6 Å². The third-order valence-electron chi connectivity index (χ3n) is 5.90. The first-order valence-electron chi connectivity index (χ1n) is 11.3. The number of imidazole rings is 1. The maximum Gasteiger partial charge on any atom is 0.416 e. The first-order chi connectivity index (χ1) is 17.0. The second-order valence-electron chi connectivity index (χ2n) is 8.38. The number of aromatic nitrogens is 3. The Morgan fingerprint density at radius 3 is 2.31 bits per heavy atom. The quantitative estimate of drug-likeness (QED) is 0.261. The lowest BCUT2D eigenvalue weighted by Gasteiger charge is -2.08. The number of hydrogen-bond donors (Lipinski definition) is 2. The molecule has 5 aromatic rings. The van der Waals surface area contributed by atoms with Crippen LogP contribution >= 0.6 is 0 Å². The first-order valence-corrected chi connectivity index (χ1v) is 11.3. The number of aromatic amines is 1. The van der Waals surface area contributed by atoms with Crippen molar-refractivity contribution < 1.29 is 13.2 Å². The van der Waals surface area contributed by atoms with Gasteiger partial charge in [-0.1, -0.05) is 42.5 Å². The molecule has 0 aliphatic carbocycles. The van der Waals surface area contributed by atoms with Crippen molar-refractivity contribution in [2.45, 2.75) is 19.1 Å². The third-order valence-corrected chi connectivity index (χ3v) is 5.90. The average Bonchev–Trinajstić information content (AvgIpc) is 3.31. The topological polar surface area (TPSA) is 53.6 Å². The molecule has 7 heteroatoms. The standard InChI is InChI=1S/C28H23F3N4/c29-28(30,31)24-8-9-25-26(17-24)35-27(34-25)23-3-1-2-22(16-23)21-6-4-20(5-7-21)18-33-15-12-19-10-13-32-14-11-19/h1-11,13-14,16-17,33H,12,15,18H2,(H,34,35). The minimum Gasteiger partial charge on any atom is -0.338 e. The third kappa shape index (κ3) is 5.41. The highest BCUT2D eigenvalue weighted by atomic mass is 19.4. The molecule has 2 aromatic heterocycles. The monoisotopic (exact) mass is 472 g/mol. The van der Waals surface area contributed by atoms with E-state index in [0.717, 1.165) is 48.3 Å². The van der Waals surface area contributed by atoms with Crippen LogP contribution in [-0.2, 0) is 19.1 Å². The fourth-order valence-electron chi connectivity index (χ4n) is 4.00. The molecule has 4 nitrogen and oxygen atoms in total. The van der Waals surface area contributed by atoms with Gasteiger partial charge in [0.2, 0.25) is 0 Å². The van der Waals surface area contributed by atoms with Gasteiger partial charge in [0.15, 0.2) is 0 Å². The van der Waals surface area contributed by atoms with Crippen LogP contribution in [0.2, 0.25) is 0 Å². The number of nitrogens with zero attached hydrogens (tertiary/aromatic N) is 2. The summed E-state index contributed by atoms with van der Waals surface area (Å²) in [4.78, 5) is 11.5. The molecular formula is C28H23F3N4. The lowest BCUT2D eigenvalue weighted by Crippen LogP contribution is -2.16. The van der Waals surface area contributed by atoms with Crippen molar-refractivity contribution in [3.05, 3.63) is 108 Å². The van der Waals surface area contributed by atoms with Gasteiger partial charge in [-0.25, -0.2) is 4.98 Å². The Labute approximate surface area is 200 Å². The number of hydrogen-bond acceptors (Lipinski definition) is 3. The molecule has 0 aliphatic heterocycles. The van der Waals surface area contributed by atoms with Crippen LogP contribution in [0.4, 0.5) is 13.2 Å². The summed E-state index contributed by atoms with van der Waals surface area (Å²) in [5.74, 6) is 0.538. The van der Waals surface area contributed by atoms with Crippen LogP contribution in [0.1, 0.15) is 16.7 Å². The van der Waals surface area contributed by atoms with Crippen LogP contribution in [0.5, 0.6) is 0 Å². The summed E-state index contributed by atoms with van der Waals surface area (Å²) in [6.07, 6.45) is 0.176. The summed E-state index contributed by atoms with van der Waals surface area (Å²) in [7, 11) is 0. The zero-order valence-corrected chi connectivity index (χ0v) is 18.8. The Hall–Kier alpha value is -3.97. The first kappa shape index (κ1) is 22.8. The van der Waals surface area contributed by atoms with E-state index in [1.807, 2.05) is 36.4 Å². The van der Waals surface area contributed by atoms with Crippen LogP contribution < -0.4 is 5.32 Å². The van der Waals surface area contributed by atoms with Gasteiger partial charge < -0.3 is 10.3 Å². The summed E-state index contributed by atoms with van der Waals surface area (Å²) < 4.78 is 39.1. The molecule has 0 atom stereocenters. The van der Waals surface area contributed by atoms with Gasteiger partial charge in [-0.2, -0.15) is 13.2 Å². The maximum absolute atomic E-state index is 13.0. The molecule has 0 radical (unpaired) electrons. The maximum atomic E-state index is 13.0. The highest BCUT2D eigenvalue weighted by Gasteiger charge is 2.30. The minimum atomic E-state index is -4.39. The Bertz CT molecular complexity index is 1420. The number of benzene rings is 3. The highest BCUT2D eigenvalue weighted by Crippen LogP contribution is 2.32. The Kier molecular flexibility index (Phi) is 6.33. The summed E-state index contributed by atoms with van der Waals surface area (Å²) in [6.45, 7) is 1.67. The van der Waals surface area contributed by atoms with Gasteiger partial charge in [-0.15, -0.1) is 0 Å². The van der Waals surface area contributed by atoms with Gasteiger partial charge in [0.05, 0.1) is 16.6 Å². The van der Waals surface area contributed by atoms with Crippen molar-refractivity contribution in [1.82, 2.24) is 20.3 Å². The van der Waals surface area contributed by atoms with E-state index in [4.69, 9.17) is 0 Å². The highest BCUT2D eigenvalue weighted by molar-refractivity contribution is 5.81. The molecule has 0 amide bonds. The molecule has 0 aliphatic rings. The lowest BCUT2D eigenvalue weighted by molar-refractivity contribution is -0.137. The second kappa shape index (κ2) is 9.72. The van der Waals surface area contributed by atoms with Gasteiger partial charge in [-0.3, -0.25) is 4.98 Å². The molecule has 176 valence electrons. The molecule has 3 aromatic carbocycles. The average molecular weight is 473 g/mol. The normalized spacial score (nSPS) is 11.7. The van der Waals surface area contributed by atoms with Crippen molar-refractivity contribution in [3.63, 3.8) is 0 Å². The van der Waals surface area contributed by atoms with Crippen molar-refractivity contribution >= 4 is 11.0 Å². The van der Waals surface area contributed by atoms with E-state index in [2.05, 4.69) is 44.5 Å². The molecule has 35 heavy (non-hydrogen) atoms. The number of alkyl halides is 3. The van der Waals surface area contributed by atoms with Gasteiger partial charge >= 0.3 is 6.18 Å². The van der Waals surface area contributed by atoms with Crippen LogP contribution in [-0.4, -0.2) is 21.5 Å². The summed E-state index contributed by atoms with van der Waals surface area (Å²) in [5.41, 5.74) is 5.50. The predicted molar refractivity (Wildman–Crippen MR) is 132 cm³/mol. The number of rotatable bonds is 7. The number of pyridine rings is 1. The van der Waals surface area contributed by atoms with E-state index in [1.54, 1.807) is 12.4 Å². The Morgan fingerprint density at radius 2 is 1.54 bits per heavy atom. The zero-order chi connectivity index (χ0) is 24.3. The molecule has 0 bridgehead atoms. The second-order valence-corrected chi connectivity index (χ2v) is 8.38. The minimum absolute atomic E-state index is 0.362. The predicted octanol–water partition coefficient (Wildman–Crippen LogP) is 6.64. The smallest absolute Gasteiger partial charge is 0.338 e. The fourth-order valence-corrected chi connectivity index (χ4v) is 4.00. The largest absolute Gasteiger partial charge is 0.416 e. The number of H-pyrrole nitrogens is 1. The van der Waals surface area contributed by atoms with E-state index >= 15 is 0 Å². The van der Waals surface area contributed by atoms with Crippen molar-refractivity contribution in [1.29, 1.82) is 0 Å². The Balaban J connectivity index is 1.27. The molecular weight excluding hydrogens is 449 g/mol. The van der Waals surface area contributed by atoms with E-state index in [-0.39, 0.29) is 0 Å². The zero-order valence-electron chi connectivity index (χ0n) is 18.8. The molecule has 2 N–H and O–H groups in total. The summed E-state index contributed by atoms with van der Waals surface area (Å²) in [6, 6.07) is 23.8. The van der Waals surface area contributed by atoms with Crippen molar-refractivity contribution in [2.75, 3.05) is 6.54 Å². The van der Waals surface area contributed by atoms with Crippen LogP contribution in [0.15, 0.2) is 91.3 Å².